The fourth-order valence-electron chi connectivity index (χ4n) is 1.68. The fraction of sp³-hybridized carbons (Fsp3) is 0.133. The van der Waals surface area contributed by atoms with Gasteiger partial charge in [0.15, 0.2) is 0 Å². The molecule has 0 unspecified atom stereocenters. The van der Waals surface area contributed by atoms with E-state index in [-0.39, 0.29) is 5.91 Å². The number of rotatable bonds is 0. The van der Waals surface area contributed by atoms with Crippen molar-refractivity contribution in [3.8, 4) is 0 Å². The minimum absolute atomic E-state index is 0.185. The molecule has 0 fully saturated rings. The molecule has 1 aliphatic heterocycles. The van der Waals surface area contributed by atoms with Gasteiger partial charge in [-0.15, -0.1) is 0 Å². The molecule has 2 N–H and O–H groups in total. The summed E-state index contributed by atoms with van der Waals surface area (Å²) in [6, 6.07) is 5.92. The molecule has 1 heterocycles. The van der Waals surface area contributed by atoms with E-state index in [1.165, 1.54) is 0 Å². The first-order valence-electron chi connectivity index (χ1n) is 5.85. The van der Waals surface area contributed by atoms with Crippen LogP contribution in [0.2, 0.25) is 0 Å². The summed E-state index contributed by atoms with van der Waals surface area (Å²) in [6.07, 6.45) is 7.39. The Hall–Kier alpha value is -2.29. The lowest BCUT2D eigenvalue weighted by atomic mass is 10.1. The molecule has 1 aromatic carbocycles. The second-order valence-electron chi connectivity index (χ2n) is 4.20. The topological polar surface area (TPSA) is 41.1 Å². The van der Waals surface area contributed by atoms with Gasteiger partial charge in [-0.05, 0) is 24.6 Å². The molecular weight excluding hydrogens is 224 g/mol. The Balaban J connectivity index is 2.37. The predicted molar refractivity (Wildman–Crippen MR) is 75.7 cm³/mol. The van der Waals surface area contributed by atoms with Crippen LogP contribution in [0.15, 0.2) is 54.7 Å². The van der Waals surface area contributed by atoms with Gasteiger partial charge >= 0.3 is 0 Å². The van der Waals surface area contributed by atoms with Crippen LogP contribution in [-0.4, -0.2) is 12.5 Å². The summed E-state index contributed by atoms with van der Waals surface area (Å²) >= 11 is 0. The van der Waals surface area contributed by atoms with Crippen molar-refractivity contribution in [2.45, 2.75) is 6.92 Å². The van der Waals surface area contributed by atoms with E-state index in [9.17, 15) is 4.79 Å². The Morgan fingerprint density at radius 2 is 2.06 bits per heavy atom. The molecule has 2 rings (SSSR count). The van der Waals surface area contributed by atoms with Crippen molar-refractivity contribution in [3.05, 3.63) is 60.2 Å². The summed E-state index contributed by atoms with van der Waals surface area (Å²) in [4.78, 5) is 11.9. The van der Waals surface area contributed by atoms with Crippen LogP contribution in [0, 0.1) is 6.92 Å². The summed E-state index contributed by atoms with van der Waals surface area (Å²) in [7, 11) is 0. The third kappa shape index (κ3) is 2.88. The molecule has 0 aromatic heterocycles. The smallest absolute Gasteiger partial charge is 0.255 e. The number of hydrogen-bond acceptors (Lipinski definition) is 2. The maximum atomic E-state index is 11.9. The van der Waals surface area contributed by atoms with Gasteiger partial charge in [0.2, 0.25) is 0 Å². The first-order valence-corrected chi connectivity index (χ1v) is 5.85. The van der Waals surface area contributed by atoms with Gasteiger partial charge in [0.1, 0.15) is 0 Å². The van der Waals surface area contributed by atoms with E-state index >= 15 is 0 Å². The lowest BCUT2D eigenvalue weighted by Crippen LogP contribution is -2.14. The Bertz CT molecular complexity index is 541. The average molecular weight is 240 g/mol. The molecule has 1 amide bonds. The van der Waals surface area contributed by atoms with Crippen LogP contribution in [0.1, 0.15) is 5.56 Å². The maximum absolute atomic E-state index is 11.9. The van der Waals surface area contributed by atoms with Gasteiger partial charge in [0.25, 0.3) is 5.91 Å². The molecule has 0 saturated heterocycles. The average Bonchev–Trinajstić information content (AvgIpc) is 2.37. The number of fused-ring (bicyclic) bond motifs is 1. The molecule has 0 atom stereocenters. The molecular formula is C15H16N2O. The van der Waals surface area contributed by atoms with E-state index in [1.54, 1.807) is 6.08 Å². The Morgan fingerprint density at radius 3 is 2.89 bits per heavy atom. The van der Waals surface area contributed by atoms with E-state index in [0.29, 0.717) is 12.1 Å². The highest BCUT2D eigenvalue weighted by molar-refractivity contribution is 6.06. The second kappa shape index (κ2) is 5.36. The van der Waals surface area contributed by atoms with Crippen LogP contribution in [-0.2, 0) is 4.79 Å². The zero-order valence-corrected chi connectivity index (χ0v) is 10.4. The largest absolute Gasteiger partial charge is 0.380 e. The Kier molecular flexibility index (Phi) is 3.63. The zero-order valence-electron chi connectivity index (χ0n) is 10.4. The minimum Gasteiger partial charge on any atom is -0.380 e. The number of aryl methyl sites for hydroxylation is 1. The monoisotopic (exact) mass is 240 g/mol. The highest BCUT2D eigenvalue weighted by atomic mass is 16.1. The van der Waals surface area contributed by atoms with Gasteiger partial charge in [0, 0.05) is 12.1 Å². The Labute approximate surface area is 107 Å². The first kappa shape index (κ1) is 12.2. The Morgan fingerprint density at radius 1 is 1.22 bits per heavy atom. The van der Waals surface area contributed by atoms with E-state index in [1.807, 2.05) is 43.4 Å². The van der Waals surface area contributed by atoms with Crippen molar-refractivity contribution in [3.63, 3.8) is 0 Å². The van der Waals surface area contributed by atoms with Crippen molar-refractivity contribution in [1.82, 2.24) is 0 Å². The number of amides is 1. The molecule has 1 aliphatic rings. The fourth-order valence-corrected chi connectivity index (χ4v) is 1.68. The second-order valence-corrected chi connectivity index (χ2v) is 4.20. The quantitative estimate of drug-likeness (QED) is 0.684. The third-order valence-corrected chi connectivity index (χ3v) is 2.67. The number of anilines is 2. The first-order chi connectivity index (χ1) is 8.66. The number of carbonyl (C=O) groups is 1. The molecule has 0 radical (unpaired) electrons. The normalized spacial score (nSPS) is 18.9. The maximum Gasteiger partial charge on any atom is 0.255 e. The number of benzene rings is 1. The number of nitrogens with one attached hydrogen (secondary N) is 2. The lowest BCUT2D eigenvalue weighted by Gasteiger charge is -2.12. The van der Waals surface area contributed by atoms with Gasteiger partial charge in [-0.25, -0.2) is 0 Å². The number of carbonyl (C=O) groups excluding carboxylic acids is 1. The van der Waals surface area contributed by atoms with Crippen LogP contribution in [0.5, 0.6) is 0 Å². The summed E-state index contributed by atoms with van der Waals surface area (Å²) in [5.74, 6) is -0.185. The predicted octanol–water partition coefficient (Wildman–Crippen LogP) is 3.03. The minimum atomic E-state index is -0.185. The summed E-state index contributed by atoms with van der Waals surface area (Å²) in [6.45, 7) is 6.45. The summed E-state index contributed by atoms with van der Waals surface area (Å²) in [5, 5.41) is 6.13. The van der Waals surface area contributed by atoms with Gasteiger partial charge < -0.3 is 10.6 Å². The van der Waals surface area contributed by atoms with Crippen molar-refractivity contribution in [2.24, 2.45) is 0 Å². The van der Waals surface area contributed by atoms with Crippen LogP contribution in [0.3, 0.4) is 0 Å². The van der Waals surface area contributed by atoms with Crippen LogP contribution in [0.25, 0.3) is 0 Å². The standard InChI is InChI=1S/C15H16N2O/c1-11-7-8-13-14(10-11)17-15(18)12(2)6-4-3-5-9-16-13/h3-8,10,16H,2,9H2,1H3,(H,17,18)/b5-3-,6-4-. The van der Waals surface area contributed by atoms with Gasteiger partial charge in [-0.1, -0.05) is 36.9 Å². The van der Waals surface area contributed by atoms with Crippen molar-refractivity contribution >= 4 is 17.3 Å². The van der Waals surface area contributed by atoms with Gasteiger partial charge in [-0.2, -0.15) is 0 Å². The van der Waals surface area contributed by atoms with Crippen LogP contribution in [0.4, 0.5) is 11.4 Å². The summed E-state index contributed by atoms with van der Waals surface area (Å²) in [5.41, 5.74) is 3.23. The molecule has 3 heteroatoms. The lowest BCUT2D eigenvalue weighted by molar-refractivity contribution is -0.112. The van der Waals surface area contributed by atoms with Gasteiger partial charge in [0.05, 0.1) is 11.4 Å². The highest BCUT2D eigenvalue weighted by Crippen LogP contribution is 2.23. The SMILES string of the molecule is C=C1/C=C\C=C/CNc2ccc(C)cc2NC1=O. The molecule has 1 aromatic rings. The van der Waals surface area contributed by atoms with Crippen LogP contribution >= 0.6 is 0 Å². The van der Waals surface area contributed by atoms with Gasteiger partial charge in [-0.3, -0.25) is 4.79 Å². The van der Waals surface area contributed by atoms with Crippen molar-refractivity contribution in [2.75, 3.05) is 17.2 Å². The molecule has 0 aliphatic carbocycles. The molecule has 0 spiro atoms. The van der Waals surface area contributed by atoms with E-state index < -0.39 is 0 Å². The highest BCUT2D eigenvalue weighted by Gasteiger charge is 2.08. The van der Waals surface area contributed by atoms with Crippen molar-refractivity contribution < 1.29 is 4.79 Å². The van der Waals surface area contributed by atoms with E-state index in [4.69, 9.17) is 0 Å². The van der Waals surface area contributed by atoms with E-state index in [0.717, 1.165) is 16.9 Å². The molecule has 3 nitrogen and oxygen atoms in total. The third-order valence-electron chi connectivity index (χ3n) is 2.67. The molecule has 0 saturated carbocycles. The summed E-state index contributed by atoms with van der Waals surface area (Å²) < 4.78 is 0. The molecule has 0 bridgehead atoms. The van der Waals surface area contributed by atoms with Crippen LogP contribution < -0.4 is 10.6 Å². The molecule has 92 valence electrons. The number of allylic oxidation sites excluding steroid dienone is 2. The number of hydrogen-bond donors (Lipinski definition) is 2. The molecule has 18 heavy (non-hydrogen) atoms. The van der Waals surface area contributed by atoms with Crippen molar-refractivity contribution in [1.29, 1.82) is 0 Å². The zero-order chi connectivity index (χ0) is 13.0. The van der Waals surface area contributed by atoms with E-state index in [2.05, 4.69) is 17.2 Å².